The normalized spacial score (nSPS) is 11.8. The highest BCUT2D eigenvalue weighted by Gasteiger charge is 2.21. The van der Waals surface area contributed by atoms with Crippen LogP contribution in [0.15, 0.2) is 40.9 Å². The molecule has 2 aromatic carbocycles. The van der Waals surface area contributed by atoms with Crippen molar-refractivity contribution < 1.29 is 9.72 Å². The lowest BCUT2D eigenvalue weighted by Crippen LogP contribution is -2.27. The van der Waals surface area contributed by atoms with E-state index >= 15 is 0 Å². The monoisotopic (exact) mass is 377 g/mol. The number of anilines is 1. The number of nitro benzene ring substituents is 1. The van der Waals surface area contributed by atoms with Gasteiger partial charge in [-0.25, -0.2) is 0 Å². The topological polar surface area (TPSA) is 98.3 Å². The number of nitrogens with one attached hydrogen (secondary N) is 1. The Bertz CT molecular complexity index is 777. The maximum absolute atomic E-state index is 12.4. The lowest BCUT2D eigenvalue weighted by Gasteiger charge is -2.16. The van der Waals surface area contributed by atoms with Gasteiger partial charge in [0.05, 0.1) is 16.5 Å². The fourth-order valence-electron chi connectivity index (χ4n) is 2.25. The molecule has 0 spiro atoms. The molecule has 0 saturated heterocycles. The molecule has 0 aromatic heterocycles. The van der Waals surface area contributed by atoms with E-state index in [1.807, 2.05) is 31.2 Å². The van der Waals surface area contributed by atoms with Gasteiger partial charge in [0.15, 0.2) is 0 Å². The van der Waals surface area contributed by atoms with Crippen molar-refractivity contribution in [2.75, 3.05) is 5.73 Å². The second-order valence-electron chi connectivity index (χ2n) is 5.25. The number of hydrogen-bond donors (Lipinski definition) is 2. The lowest BCUT2D eigenvalue weighted by molar-refractivity contribution is -0.384. The van der Waals surface area contributed by atoms with Crippen LogP contribution in [0, 0.1) is 17.0 Å². The van der Waals surface area contributed by atoms with Gasteiger partial charge < -0.3 is 11.1 Å². The van der Waals surface area contributed by atoms with E-state index in [-0.39, 0.29) is 23.0 Å². The number of nitro groups is 1. The van der Waals surface area contributed by atoms with Crippen molar-refractivity contribution in [3.63, 3.8) is 0 Å². The van der Waals surface area contributed by atoms with Crippen LogP contribution >= 0.6 is 15.9 Å². The van der Waals surface area contributed by atoms with E-state index in [1.165, 1.54) is 6.07 Å². The van der Waals surface area contributed by atoms with E-state index in [0.717, 1.165) is 10.0 Å². The molecule has 1 atom stereocenters. The fourth-order valence-corrected chi connectivity index (χ4v) is 2.67. The van der Waals surface area contributed by atoms with Crippen LogP contribution in [0.5, 0.6) is 0 Å². The van der Waals surface area contributed by atoms with Gasteiger partial charge in [-0.1, -0.05) is 28.1 Å². The summed E-state index contributed by atoms with van der Waals surface area (Å²) in [6.45, 7) is 3.51. The first-order valence-electron chi connectivity index (χ1n) is 6.90. The minimum Gasteiger partial charge on any atom is -0.393 e. The predicted molar refractivity (Wildman–Crippen MR) is 92.3 cm³/mol. The molecule has 6 nitrogen and oxygen atoms in total. The summed E-state index contributed by atoms with van der Waals surface area (Å²) in [5, 5.41) is 13.8. The Labute approximate surface area is 142 Å². The Morgan fingerprint density at radius 1 is 1.35 bits per heavy atom. The molecule has 120 valence electrons. The third-order valence-electron chi connectivity index (χ3n) is 3.44. The Morgan fingerprint density at radius 3 is 2.65 bits per heavy atom. The Kier molecular flexibility index (Phi) is 5.00. The molecular formula is C16H16BrN3O3. The molecule has 0 fully saturated rings. The number of aryl methyl sites for hydroxylation is 1. The van der Waals surface area contributed by atoms with Crippen LogP contribution in [-0.4, -0.2) is 10.8 Å². The number of carbonyl (C=O) groups excluding carboxylic acids is 1. The van der Waals surface area contributed by atoms with Crippen LogP contribution in [0.3, 0.4) is 0 Å². The Morgan fingerprint density at radius 2 is 2.04 bits per heavy atom. The van der Waals surface area contributed by atoms with Gasteiger partial charge in [0.1, 0.15) is 5.69 Å². The van der Waals surface area contributed by atoms with Gasteiger partial charge in [0.25, 0.3) is 11.6 Å². The van der Waals surface area contributed by atoms with Gasteiger partial charge in [-0.15, -0.1) is 0 Å². The zero-order valence-corrected chi connectivity index (χ0v) is 14.3. The van der Waals surface area contributed by atoms with Crippen molar-refractivity contribution in [1.82, 2.24) is 5.32 Å². The maximum atomic E-state index is 12.4. The summed E-state index contributed by atoms with van der Waals surface area (Å²) in [6, 6.07) is 10.2. The number of nitrogen functional groups attached to an aromatic ring is 1. The van der Waals surface area contributed by atoms with Gasteiger partial charge >= 0.3 is 0 Å². The highest BCUT2D eigenvalue weighted by molar-refractivity contribution is 9.10. The molecule has 0 aliphatic rings. The molecule has 2 rings (SSSR count). The number of rotatable bonds is 4. The van der Waals surface area contributed by atoms with Crippen molar-refractivity contribution in [3.8, 4) is 0 Å². The Hall–Kier alpha value is -2.41. The number of nitrogens with two attached hydrogens (primary N) is 1. The van der Waals surface area contributed by atoms with Crippen LogP contribution in [0.4, 0.5) is 11.4 Å². The summed E-state index contributed by atoms with van der Waals surface area (Å²) in [4.78, 5) is 22.9. The van der Waals surface area contributed by atoms with Crippen LogP contribution in [0.1, 0.15) is 34.5 Å². The third-order valence-corrected chi connectivity index (χ3v) is 3.93. The predicted octanol–water partition coefficient (Wildman–Crippen LogP) is 3.74. The summed E-state index contributed by atoms with van der Waals surface area (Å²) >= 11 is 3.38. The number of nitrogens with zero attached hydrogens (tertiary/aromatic N) is 1. The quantitative estimate of drug-likeness (QED) is 0.481. The first-order valence-corrected chi connectivity index (χ1v) is 7.69. The molecule has 0 heterocycles. The van der Waals surface area contributed by atoms with Crippen molar-refractivity contribution in [1.29, 1.82) is 0 Å². The van der Waals surface area contributed by atoms with E-state index in [1.54, 1.807) is 13.0 Å². The number of carbonyl (C=O) groups is 1. The van der Waals surface area contributed by atoms with E-state index in [4.69, 9.17) is 5.73 Å². The van der Waals surface area contributed by atoms with E-state index < -0.39 is 10.8 Å². The van der Waals surface area contributed by atoms with Crippen LogP contribution < -0.4 is 11.1 Å². The molecule has 1 amide bonds. The fraction of sp³-hybridized carbons (Fsp3) is 0.188. The Balaban J connectivity index is 2.29. The highest BCUT2D eigenvalue weighted by atomic mass is 79.9. The largest absolute Gasteiger partial charge is 0.393 e. The average molecular weight is 378 g/mol. The highest BCUT2D eigenvalue weighted by Crippen LogP contribution is 2.27. The number of halogens is 1. The van der Waals surface area contributed by atoms with Gasteiger partial charge in [-0.2, -0.15) is 0 Å². The van der Waals surface area contributed by atoms with E-state index in [2.05, 4.69) is 21.2 Å². The number of hydrogen-bond acceptors (Lipinski definition) is 4. The van der Waals surface area contributed by atoms with Crippen molar-refractivity contribution >= 4 is 33.2 Å². The van der Waals surface area contributed by atoms with Crippen LogP contribution in [0.2, 0.25) is 0 Å². The SMILES string of the molecule is Cc1cc(C(=O)N[C@H](C)c2cccc(Br)c2)c(N)c([N+](=O)[O-])c1. The third kappa shape index (κ3) is 3.87. The number of benzene rings is 2. The van der Waals surface area contributed by atoms with Crippen molar-refractivity contribution in [3.05, 3.63) is 67.7 Å². The lowest BCUT2D eigenvalue weighted by atomic mass is 10.0. The molecule has 0 radical (unpaired) electrons. The van der Waals surface area contributed by atoms with Crippen molar-refractivity contribution in [2.24, 2.45) is 0 Å². The molecule has 0 aliphatic heterocycles. The zero-order valence-electron chi connectivity index (χ0n) is 12.7. The molecule has 0 unspecified atom stereocenters. The first-order chi connectivity index (χ1) is 10.8. The van der Waals surface area contributed by atoms with Gasteiger partial charge in [0.2, 0.25) is 0 Å². The van der Waals surface area contributed by atoms with Gasteiger partial charge in [-0.05, 0) is 43.2 Å². The van der Waals surface area contributed by atoms with Gasteiger partial charge in [-0.3, -0.25) is 14.9 Å². The summed E-state index contributed by atoms with van der Waals surface area (Å²) < 4.78 is 0.904. The summed E-state index contributed by atoms with van der Waals surface area (Å²) in [6.07, 6.45) is 0. The van der Waals surface area contributed by atoms with Crippen LogP contribution in [-0.2, 0) is 0 Å². The summed E-state index contributed by atoms with van der Waals surface area (Å²) in [5.74, 6) is -0.443. The molecule has 0 bridgehead atoms. The van der Waals surface area contributed by atoms with Gasteiger partial charge in [0, 0.05) is 10.5 Å². The molecule has 0 aliphatic carbocycles. The molecular weight excluding hydrogens is 362 g/mol. The smallest absolute Gasteiger partial charge is 0.293 e. The molecule has 3 N–H and O–H groups in total. The standard InChI is InChI=1S/C16H16BrN3O3/c1-9-6-13(15(18)14(7-9)20(22)23)16(21)19-10(2)11-4-3-5-12(17)8-11/h3-8,10H,18H2,1-2H3,(H,19,21)/t10-/m1/s1. The van der Waals surface area contributed by atoms with E-state index in [9.17, 15) is 14.9 Å². The number of amides is 1. The van der Waals surface area contributed by atoms with Crippen LogP contribution in [0.25, 0.3) is 0 Å². The van der Waals surface area contributed by atoms with E-state index in [0.29, 0.717) is 5.56 Å². The average Bonchev–Trinajstić information content (AvgIpc) is 2.48. The van der Waals surface area contributed by atoms with Crippen molar-refractivity contribution in [2.45, 2.75) is 19.9 Å². The minimum absolute atomic E-state index is 0.110. The molecule has 0 saturated carbocycles. The minimum atomic E-state index is -0.586. The molecule has 23 heavy (non-hydrogen) atoms. The molecule has 2 aromatic rings. The summed E-state index contributed by atoms with van der Waals surface area (Å²) in [5.41, 5.74) is 7.02. The first kappa shape index (κ1) is 17.0. The maximum Gasteiger partial charge on any atom is 0.293 e. The second-order valence-corrected chi connectivity index (χ2v) is 6.17. The second kappa shape index (κ2) is 6.78. The summed E-state index contributed by atoms with van der Waals surface area (Å²) in [7, 11) is 0. The molecule has 7 heteroatoms. The zero-order chi connectivity index (χ0) is 17.1.